The molecule has 0 spiro atoms. The summed E-state index contributed by atoms with van der Waals surface area (Å²) in [5.74, 6) is 0.503. The largest absolute Gasteiger partial charge is 0.492 e. The second-order valence-electron chi connectivity index (χ2n) is 4.12. The molecule has 0 aliphatic heterocycles. The Kier molecular flexibility index (Phi) is 4.53. The topological polar surface area (TPSA) is 39.2 Å². The molecule has 4 heteroatoms. The smallest absolute Gasteiger partial charge is 0.163 e. The van der Waals surface area contributed by atoms with Gasteiger partial charge in [-0.15, -0.1) is 0 Å². The van der Waals surface area contributed by atoms with Crippen LogP contribution in [0.25, 0.3) is 0 Å². The second-order valence-corrected chi connectivity index (χ2v) is 4.55. The molecule has 0 bridgehead atoms. The summed E-state index contributed by atoms with van der Waals surface area (Å²) in [4.78, 5) is 15.7. The van der Waals surface area contributed by atoms with Crippen LogP contribution in [0.1, 0.15) is 23.0 Å². The lowest BCUT2D eigenvalue weighted by molar-refractivity contribution is 0.101. The molecule has 1 heterocycles. The van der Waals surface area contributed by atoms with Crippen LogP contribution in [-0.4, -0.2) is 17.4 Å². The molecule has 0 saturated carbocycles. The van der Waals surface area contributed by atoms with Crippen LogP contribution in [0.2, 0.25) is 5.02 Å². The first-order valence-corrected chi connectivity index (χ1v) is 6.38. The van der Waals surface area contributed by atoms with Crippen LogP contribution in [0.4, 0.5) is 0 Å². The molecule has 0 aliphatic rings. The molecule has 2 aromatic rings. The van der Waals surface area contributed by atoms with Gasteiger partial charge in [0.15, 0.2) is 5.78 Å². The first-order valence-electron chi connectivity index (χ1n) is 6.00. The standard InChI is InChI=1S/C15H14ClNO2/c1-11(18)14-10-12(16)5-6-15(14)19-9-7-13-4-2-3-8-17-13/h2-6,8,10H,7,9H2,1H3. The third-order valence-corrected chi connectivity index (χ3v) is 2.90. The van der Waals surface area contributed by atoms with Crippen LogP contribution in [0.15, 0.2) is 42.6 Å². The van der Waals surface area contributed by atoms with E-state index in [1.165, 1.54) is 6.92 Å². The first kappa shape index (κ1) is 13.6. The van der Waals surface area contributed by atoms with Crippen molar-refractivity contribution < 1.29 is 9.53 Å². The van der Waals surface area contributed by atoms with Gasteiger partial charge in [-0.1, -0.05) is 17.7 Å². The van der Waals surface area contributed by atoms with Crippen molar-refractivity contribution in [3.8, 4) is 5.75 Å². The van der Waals surface area contributed by atoms with E-state index in [9.17, 15) is 4.79 Å². The molecule has 98 valence electrons. The number of benzene rings is 1. The van der Waals surface area contributed by atoms with Gasteiger partial charge in [-0.3, -0.25) is 9.78 Å². The van der Waals surface area contributed by atoms with Crippen molar-refractivity contribution in [2.24, 2.45) is 0 Å². The molecule has 0 amide bonds. The number of carbonyl (C=O) groups is 1. The fourth-order valence-corrected chi connectivity index (χ4v) is 1.89. The molecule has 1 aromatic carbocycles. The zero-order chi connectivity index (χ0) is 13.7. The highest BCUT2D eigenvalue weighted by atomic mass is 35.5. The molecule has 0 unspecified atom stereocenters. The molecule has 0 atom stereocenters. The SMILES string of the molecule is CC(=O)c1cc(Cl)ccc1OCCc1ccccn1. The molecule has 0 radical (unpaired) electrons. The third kappa shape index (κ3) is 3.80. The summed E-state index contributed by atoms with van der Waals surface area (Å²) >= 11 is 5.87. The fraction of sp³-hybridized carbons (Fsp3) is 0.200. The fourth-order valence-electron chi connectivity index (χ4n) is 1.71. The number of aromatic nitrogens is 1. The van der Waals surface area contributed by atoms with Gasteiger partial charge in [0.2, 0.25) is 0 Å². The van der Waals surface area contributed by atoms with Crippen molar-refractivity contribution in [1.82, 2.24) is 4.98 Å². The number of ether oxygens (including phenoxy) is 1. The zero-order valence-corrected chi connectivity index (χ0v) is 11.4. The molecule has 3 nitrogen and oxygen atoms in total. The number of pyridine rings is 1. The second kappa shape index (κ2) is 6.34. The van der Waals surface area contributed by atoms with Gasteiger partial charge in [-0.05, 0) is 37.3 Å². The van der Waals surface area contributed by atoms with Crippen molar-refractivity contribution >= 4 is 17.4 Å². The minimum absolute atomic E-state index is 0.0599. The van der Waals surface area contributed by atoms with Gasteiger partial charge in [0.05, 0.1) is 12.2 Å². The summed E-state index contributed by atoms with van der Waals surface area (Å²) < 4.78 is 5.64. The summed E-state index contributed by atoms with van der Waals surface area (Å²) in [7, 11) is 0. The summed E-state index contributed by atoms with van der Waals surface area (Å²) in [5.41, 5.74) is 1.47. The van der Waals surface area contributed by atoms with Crippen LogP contribution in [-0.2, 0) is 6.42 Å². The Morgan fingerprint density at radius 1 is 1.32 bits per heavy atom. The van der Waals surface area contributed by atoms with E-state index in [4.69, 9.17) is 16.3 Å². The molecule has 0 fully saturated rings. The van der Waals surface area contributed by atoms with Gasteiger partial charge >= 0.3 is 0 Å². The maximum atomic E-state index is 11.5. The first-order chi connectivity index (χ1) is 9.16. The van der Waals surface area contributed by atoms with E-state index in [0.29, 0.717) is 29.4 Å². The van der Waals surface area contributed by atoms with Crippen molar-refractivity contribution in [2.75, 3.05) is 6.61 Å². The maximum absolute atomic E-state index is 11.5. The van der Waals surface area contributed by atoms with Crippen molar-refractivity contribution in [2.45, 2.75) is 13.3 Å². The minimum atomic E-state index is -0.0599. The van der Waals surface area contributed by atoms with Gasteiger partial charge < -0.3 is 4.74 Å². The number of ketones is 1. The number of nitrogens with zero attached hydrogens (tertiary/aromatic N) is 1. The molecule has 2 rings (SSSR count). The van der Waals surface area contributed by atoms with Gasteiger partial charge in [0.25, 0.3) is 0 Å². The number of Topliss-reactive ketones (excluding diaryl/α,β-unsaturated/α-hetero) is 1. The van der Waals surface area contributed by atoms with Crippen LogP contribution in [0.3, 0.4) is 0 Å². The van der Waals surface area contributed by atoms with Crippen LogP contribution < -0.4 is 4.74 Å². The van der Waals surface area contributed by atoms with E-state index in [1.54, 1.807) is 24.4 Å². The lowest BCUT2D eigenvalue weighted by atomic mass is 10.1. The number of halogens is 1. The average molecular weight is 276 g/mol. The average Bonchev–Trinajstić information content (AvgIpc) is 2.41. The minimum Gasteiger partial charge on any atom is -0.492 e. The third-order valence-electron chi connectivity index (χ3n) is 2.66. The van der Waals surface area contributed by atoms with Crippen molar-refractivity contribution in [1.29, 1.82) is 0 Å². The Morgan fingerprint density at radius 3 is 2.84 bits per heavy atom. The predicted octanol–water partition coefficient (Wildman–Crippen LogP) is 3.56. The van der Waals surface area contributed by atoms with Crippen molar-refractivity contribution in [3.63, 3.8) is 0 Å². The van der Waals surface area contributed by atoms with E-state index >= 15 is 0 Å². The Hall–Kier alpha value is -1.87. The normalized spacial score (nSPS) is 10.2. The number of hydrogen-bond donors (Lipinski definition) is 0. The highest BCUT2D eigenvalue weighted by Crippen LogP contribution is 2.23. The zero-order valence-electron chi connectivity index (χ0n) is 10.6. The predicted molar refractivity (Wildman–Crippen MR) is 74.9 cm³/mol. The van der Waals surface area contributed by atoms with E-state index < -0.39 is 0 Å². The maximum Gasteiger partial charge on any atom is 0.163 e. The lowest BCUT2D eigenvalue weighted by Crippen LogP contribution is -2.06. The van der Waals surface area contributed by atoms with Crippen molar-refractivity contribution in [3.05, 3.63) is 58.9 Å². The van der Waals surface area contributed by atoms with Gasteiger partial charge in [0.1, 0.15) is 5.75 Å². The molecule has 0 saturated heterocycles. The van der Waals surface area contributed by atoms with E-state index in [-0.39, 0.29) is 5.78 Å². The number of hydrogen-bond acceptors (Lipinski definition) is 3. The van der Waals surface area contributed by atoms with Gasteiger partial charge in [-0.2, -0.15) is 0 Å². The summed E-state index contributed by atoms with van der Waals surface area (Å²) in [5, 5.41) is 0.530. The Morgan fingerprint density at radius 2 is 2.16 bits per heavy atom. The van der Waals surface area contributed by atoms with Gasteiger partial charge in [0, 0.05) is 23.3 Å². The highest BCUT2D eigenvalue weighted by Gasteiger charge is 2.09. The Bertz CT molecular complexity index is 570. The summed E-state index contributed by atoms with van der Waals surface area (Å²) in [6.45, 7) is 1.97. The molecule has 0 aliphatic carbocycles. The molecule has 19 heavy (non-hydrogen) atoms. The molecule has 0 N–H and O–H groups in total. The number of carbonyl (C=O) groups excluding carboxylic acids is 1. The van der Waals surface area contributed by atoms with E-state index in [1.807, 2.05) is 18.2 Å². The Labute approximate surface area is 117 Å². The van der Waals surface area contributed by atoms with E-state index in [0.717, 1.165) is 5.69 Å². The van der Waals surface area contributed by atoms with Crippen LogP contribution in [0.5, 0.6) is 5.75 Å². The van der Waals surface area contributed by atoms with Crippen LogP contribution >= 0.6 is 11.6 Å². The molecule has 1 aromatic heterocycles. The highest BCUT2D eigenvalue weighted by molar-refractivity contribution is 6.31. The van der Waals surface area contributed by atoms with Gasteiger partial charge in [-0.25, -0.2) is 0 Å². The summed E-state index contributed by atoms with van der Waals surface area (Å²) in [6, 6.07) is 10.8. The quantitative estimate of drug-likeness (QED) is 0.783. The Balaban J connectivity index is 2.02. The van der Waals surface area contributed by atoms with Crippen LogP contribution in [0, 0.1) is 0 Å². The van der Waals surface area contributed by atoms with E-state index in [2.05, 4.69) is 4.98 Å². The number of rotatable bonds is 5. The summed E-state index contributed by atoms with van der Waals surface area (Å²) in [6.07, 6.45) is 2.44. The monoisotopic (exact) mass is 275 g/mol. The molecular formula is C15H14ClNO2. The lowest BCUT2D eigenvalue weighted by Gasteiger charge is -2.09. The molecular weight excluding hydrogens is 262 g/mol.